The van der Waals surface area contributed by atoms with Crippen LogP contribution in [0.4, 0.5) is 0 Å². The molecule has 0 aliphatic rings. The number of benzene rings is 1. The maximum absolute atomic E-state index is 11.5. The number of carbonyl (C=O) groups excluding carboxylic acids is 1. The molecule has 0 saturated carbocycles. The second kappa shape index (κ2) is 5.66. The van der Waals surface area contributed by atoms with Crippen LogP contribution in [0, 0.1) is 13.8 Å². The van der Waals surface area contributed by atoms with Crippen LogP contribution < -0.4 is 5.32 Å². The van der Waals surface area contributed by atoms with Crippen LogP contribution in [0.1, 0.15) is 23.1 Å². The zero-order valence-corrected chi connectivity index (χ0v) is 9.76. The van der Waals surface area contributed by atoms with Gasteiger partial charge in [-0.3, -0.25) is 4.79 Å². The summed E-state index contributed by atoms with van der Waals surface area (Å²) in [6, 6.07) is 6.22. The second-order valence-electron chi connectivity index (χ2n) is 3.99. The Morgan fingerprint density at radius 1 is 1.27 bits per heavy atom. The lowest BCUT2D eigenvalue weighted by atomic mass is 10.0. The van der Waals surface area contributed by atoms with E-state index < -0.39 is 0 Å². The van der Waals surface area contributed by atoms with E-state index in [2.05, 4.69) is 31.3 Å². The smallest absolute Gasteiger partial charge is 0.138 e. The Bertz CT molecular complexity index is 344. The lowest BCUT2D eigenvalue weighted by molar-refractivity contribution is -0.118. The molecule has 1 rings (SSSR count). The lowest BCUT2D eigenvalue weighted by Crippen LogP contribution is -2.14. The molecule has 0 amide bonds. The summed E-state index contributed by atoms with van der Waals surface area (Å²) >= 11 is 0. The number of rotatable bonds is 5. The first-order valence-electron chi connectivity index (χ1n) is 5.36. The van der Waals surface area contributed by atoms with Crippen LogP contribution in [0.2, 0.25) is 0 Å². The number of ketones is 1. The molecule has 2 heteroatoms. The van der Waals surface area contributed by atoms with Crippen LogP contribution in [0.25, 0.3) is 0 Å². The summed E-state index contributed by atoms with van der Waals surface area (Å²) in [6.07, 6.45) is 1.17. The van der Waals surface area contributed by atoms with Gasteiger partial charge in [-0.25, -0.2) is 0 Å². The molecule has 0 radical (unpaired) electrons. The van der Waals surface area contributed by atoms with E-state index in [9.17, 15) is 4.79 Å². The molecule has 0 aromatic heterocycles. The van der Waals surface area contributed by atoms with E-state index in [4.69, 9.17) is 0 Å². The first-order valence-corrected chi connectivity index (χ1v) is 5.36. The van der Waals surface area contributed by atoms with Crippen molar-refractivity contribution < 1.29 is 4.79 Å². The van der Waals surface area contributed by atoms with Gasteiger partial charge in [0.2, 0.25) is 0 Å². The molecule has 0 atom stereocenters. The average Bonchev–Trinajstić information content (AvgIpc) is 2.20. The Morgan fingerprint density at radius 3 is 2.60 bits per heavy atom. The van der Waals surface area contributed by atoms with Crippen molar-refractivity contribution in [3.8, 4) is 0 Å². The van der Waals surface area contributed by atoms with Crippen LogP contribution in [0.5, 0.6) is 0 Å². The van der Waals surface area contributed by atoms with Gasteiger partial charge in [-0.05, 0) is 37.6 Å². The minimum Gasteiger partial charge on any atom is -0.319 e. The third-order valence-electron chi connectivity index (χ3n) is 2.63. The summed E-state index contributed by atoms with van der Waals surface area (Å²) in [4.78, 5) is 11.5. The standard InChI is InChI=1S/C13H19NO/c1-10-4-5-12(8-11(10)2)9-13(15)6-7-14-3/h4-5,8,14H,6-7,9H2,1-3H3. The number of hydrogen-bond acceptors (Lipinski definition) is 2. The van der Waals surface area contributed by atoms with E-state index >= 15 is 0 Å². The fourth-order valence-electron chi connectivity index (χ4n) is 1.49. The highest BCUT2D eigenvalue weighted by Crippen LogP contribution is 2.10. The SMILES string of the molecule is CNCCC(=O)Cc1ccc(C)c(C)c1. The molecule has 0 aliphatic carbocycles. The van der Waals surface area contributed by atoms with Gasteiger partial charge >= 0.3 is 0 Å². The maximum Gasteiger partial charge on any atom is 0.138 e. The zero-order valence-electron chi connectivity index (χ0n) is 9.76. The molecule has 0 spiro atoms. The molecule has 0 bridgehead atoms. The number of carbonyl (C=O) groups is 1. The van der Waals surface area contributed by atoms with Crippen molar-refractivity contribution in [2.45, 2.75) is 26.7 Å². The van der Waals surface area contributed by atoms with Crippen molar-refractivity contribution in [1.82, 2.24) is 5.32 Å². The molecule has 0 saturated heterocycles. The van der Waals surface area contributed by atoms with Gasteiger partial charge in [-0.1, -0.05) is 18.2 Å². The van der Waals surface area contributed by atoms with Crippen LogP contribution in [-0.4, -0.2) is 19.4 Å². The number of hydrogen-bond donors (Lipinski definition) is 1. The minimum absolute atomic E-state index is 0.299. The van der Waals surface area contributed by atoms with Crippen LogP contribution in [0.15, 0.2) is 18.2 Å². The van der Waals surface area contributed by atoms with Crippen molar-refractivity contribution in [3.63, 3.8) is 0 Å². The molecule has 0 heterocycles. The van der Waals surface area contributed by atoms with E-state index in [-0.39, 0.29) is 0 Å². The van der Waals surface area contributed by atoms with E-state index in [1.54, 1.807) is 0 Å². The van der Waals surface area contributed by atoms with Gasteiger partial charge in [-0.15, -0.1) is 0 Å². The molecular weight excluding hydrogens is 186 g/mol. The molecule has 1 aromatic carbocycles. The summed E-state index contributed by atoms with van der Waals surface area (Å²) in [5.74, 6) is 0.299. The third kappa shape index (κ3) is 3.84. The number of Topliss-reactive ketones (excluding diaryl/α,β-unsaturated/α-hetero) is 1. The first kappa shape index (κ1) is 11.9. The third-order valence-corrected chi connectivity index (χ3v) is 2.63. The molecule has 15 heavy (non-hydrogen) atoms. The normalized spacial score (nSPS) is 10.3. The molecule has 2 nitrogen and oxygen atoms in total. The van der Waals surface area contributed by atoms with E-state index in [1.807, 2.05) is 13.1 Å². The minimum atomic E-state index is 0.299. The zero-order chi connectivity index (χ0) is 11.3. The summed E-state index contributed by atoms with van der Waals surface area (Å²) in [5.41, 5.74) is 3.66. The van der Waals surface area contributed by atoms with Crippen LogP contribution >= 0.6 is 0 Å². The van der Waals surface area contributed by atoms with Gasteiger partial charge in [0, 0.05) is 19.4 Å². The van der Waals surface area contributed by atoms with Crippen LogP contribution in [0.3, 0.4) is 0 Å². The second-order valence-corrected chi connectivity index (χ2v) is 3.99. The maximum atomic E-state index is 11.5. The van der Waals surface area contributed by atoms with Gasteiger partial charge in [0.1, 0.15) is 5.78 Å². The Hall–Kier alpha value is -1.15. The van der Waals surface area contributed by atoms with Crippen molar-refractivity contribution >= 4 is 5.78 Å². The van der Waals surface area contributed by atoms with E-state index in [0.717, 1.165) is 12.1 Å². The molecule has 1 N–H and O–H groups in total. The first-order chi connectivity index (χ1) is 7.13. The van der Waals surface area contributed by atoms with Crippen molar-refractivity contribution in [1.29, 1.82) is 0 Å². The van der Waals surface area contributed by atoms with Gasteiger partial charge < -0.3 is 5.32 Å². The van der Waals surface area contributed by atoms with Crippen LogP contribution in [-0.2, 0) is 11.2 Å². The molecule has 0 unspecified atom stereocenters. The van der Waals surface area contributed by atoms with Gasteiger partial charge in [-0.2, -0.15) is 0 Å². The van der Waals surface area contributed by atoms with Gasteiger partial charge in [0.15, 0.2) is 0 Å². The quantitative estimate of drug-likeness (QED) is 0.797. The predicted octanol–water partition coefficient (Wildman–Crippen LogP) is 2.02. The van der Waals surface area contributed by atoms with Crippen molar-refractivity contribution in [2.24, 2.45) is 0 Å². The molecule has 0 aliphatic heterocycles. The summed E-state index contributed by atoms with van der Waals surface area (Å²) in [6.45, 7) is 4.93. The summed E-state index contributed by atoms with van der Waals surface area (Å²) in [7, 11) is 1.86. The number of nitrogens with one attached hydrogen (secondary N) is 1. The van der Waals surface area contributed by atoms with Crippen molar-refractivity contribution in [3.05, 3.63) is 34.9 Å². The Morgan fingerprint density at radius 2 is 2.00 bits per heavy atom. The van der Waals surface area contributed by atoms with Crippen molar-refractivity contribution in [2.75, 3.05) is 13.6 Å². The lowest BCUT2D eigenvalue weighted by Gasteiger charge is -2.04. The molecular formula is C13H19NO. The van der Waals surface area contributed by atoms with Gasteiger partial charge in [0.05, 0.1) is 0 Å². The summed E-state index contributed by atoms with van der Waals surface area (Å²) in [5, 5.41) is 2.98. The highest BCUT2D eigenvalue weighted by atomic mass is 16.1. The fourth-order valence-corrected chi connectivity index (χ4v) is 1.49. The monoisotopic (exact) mass is 205 g/mol. The predicted molar refractivity (Wildman–Crippen MR) is 63.2 cm³/mol. The highest BCUT2D eigenvalue weighted by Gasteiger charge is 2.03. The fraction of sp³-hybridized carbons (Fsp3) is 0.462. The van der Waals surface area contributed by atoms with Gasteiger partial charge in [0.25, 0.3) is 0 Å². The average molecular weight is 205 g/mol. The Kier molecular flexibility index (Phi) is 4.50. The van der Waals surface area contributed by atoms with E-state index in [0.29, 0.717) is 18.6 Å². The molecule has 82 valence electrons. The molecule has 1 aromatic rings. The Labute approximate surface area is 91.7 Å². The van der Waals surface area contributed by atoms with E-state index in [1.165, 1.54) is 11.1 Å². The number of aryl methyl sites for hydroxylation is 2. The largest absolute Gasteiger partial charge is 0.319 e. The summed E-state index contributed by atoms with van der Waals surface area (Å²) < 4.78 is 0. The topological polar surface area (TPSA) is 29.1 Å². The Balaban J connectivity index is 2.57. The highest BCUT2D eigenvalue weighted by molar-refractivity contribution is 5.81. The molecule has 0 fully saturated rings.